The highest BCUT2D eigenvalue weighted by Gasteiger charge is 2.16. The molecule has 1 atom stereocenters. The minimum absolute atomic E-state index is 0.0557. The van der Waals surface area contributed by atoms with Gasteiger partial charge in [-0.2, -0.15) is 0 Å². The molecule has 4 heteroatoms. The van der Waals surface area contributed by atoms with Crippen LogP contribution in [0.3, 0.4) is 0 Å². The molecule has 1 N–H and O–H groups in total. The number of rotatable bonds is 7. The van der Waals surface area contributed by atoms with Crippen LogP contribution in [-0.2, 0) is 19.5 Å². The Balaban J connectivity index is 1.33. The number of benzene rings is 3. The van der Waals surface area contributed by atoms with Crippen LogP contribution in [0.2, 0.25) is 0 Å². The molecule has 1 aliphatic heterocycles. The SMILES string of the molecule is CCOc1ccc([C@@H](C)NC(=O)c2ccc(CN3CCc4ccccc4C3)cc2)cc1. The highest BCUT2D eigenvalue weighted by molar-refractivity contribution is 5.94. The van der Waals surface area contributed by atoms with Crippen LogP contribution in [-0.4, -0.2) is 24.0 Å². The van der Waals surface area contributed by atoms with Gasteiger partial charge in [0.05, 0.1) is 12.6 Å². The van der Waals surface area contributed by atoms with Crippen LogP contribution in [0.4, 0.5) is 0 Å². The predicted molar refractivity (Wildman–Crippen MR) is 124 cm³/mol. The highest BCUT2D eigenvalue weighted by atomic mass is 16.5. The van der Waals surface area contributed by atoms with Crippen molar-refractivity contribution in [2.75, 3.05) is 13.2 Å². The summed E-state index contributed by atoms with van der Waals surface area (Å²) in [6.45, 7) is 7.56. The van der Waals surface area contributed by atoms with Crippen LogP contribution in [0.1, 0.15) is 52.5 Å². The van der Waals surface area contributed by atoms with Crippen molar-refractivity contribution in [3.8, 4) is 5.75 Å². The molecule has 0 aromatic heterocycles. The molecule has 4 nitrogen and oxygen atoms in total. The van der Waals surface area contributed by atoms with Crippen molar-refractivity contribution < 1.29 is 9.53 Å². The number of hydrogen-bond acceptors (Lipinski definition) is 3. The second-order valence-corrected chi connectivity index (χ2v) is 8.12. The summed E-state index contributed by atoms with van der Waals surface area (Å²) in [5, 5.41) is 3.09. The van der Waals surface area contributed by atoms with E-state index in [0.717, 1.165) is 37.4 Å². The van der Waals surface area contributed by atoms with Crippen molar-refractivity contribution in [3.63, 3.8) is 0 Å². The van der Waals surface area contributed by atoms with Crippen molar-refractivity contribution in [3.05, 3.63) is 101 Å². The molecule has 0 saturated heterocycles. The molecule has 1 heterocycles. The van der Waals surface area contributed by atoms with Crippen molar-refractivity contribution >= 4 is 5.91 Å². The molecule has 0 spiro atoms. The molecule has 3 aromatic carbocycles. The van der Waals surface area contributed by atoms with Gasteiger partial charge in [0.15, 0.2) is 0 Å². The van der Waals surface area contributed by atoms with E-state index in [9.17, 15) is 4.79 Å². The first kappa shape index (κ1) is 21.1. The number of carbonyl (C=O) groups is 1. The lowest BCUT2D eigenvalue weighted by Crippen LogP contribution is -2.30. The lowest BCUT2D eigenvalue weighted by Gasteiger charge is -2.28. The maximum absolute atomic E-state index is 12.7. The molecule has 1 aliphatic rings. The van der Waals surface area contributed by atoms with E-state index >= 15 is 0 Å². The Labute approximate surface area is 184 Å². The summed E-state index contributed by atoms with van der Waals surface area (Å²) in [7, 11) is 0. The molecule has 160 valence electrons. The number of ether oxygens (including phenoxy) is 1. The molecule has 4 rings (SSSR count). The number of carbonyl (C=O) groups excluding carboxylic acids is 1. The smallest absolute Gasteiger partial charge is 0.251 e. The summed E-state index contributed by atoms with van der Waals surface area (Å²) < 4.78 is 5.48. The van der Waals surface area contributed by atoms with Crippen molar-refractivity contribution in [2.45, 2.75) is 39.4 Å². The van der Waals surface area contributed by atoms with E-state index in [4.69, 9.17) is 4.74 Å². The summed E-state index contributed by atoms with van der Waals surface area (Å²) in [4.78, 5) is 15.2. The number of hydrogen-bond donors (Lipinski definition) is 1. The average molecular weight is 415 g/mol. The molecule has 0 bridgehead atoms. The van der Waals surface area contributed by atoms with Gasteiger partial charge in [-0.05, 0) is 66.8 Å². The summed E-state index contributed by atoms with van der Waals surface area (Å²) in [5.41, 5.74) is 5.86. The Morgan fingerprint density at radius 2 is 1.71 bits per heavy atom. The number of fused-ring (bicyclic) bond motifs is 1. The van der Waals surface area contributed by atoms with Crippen LogP contribution in [0.15, 0.2) is 72.8 Å². The summed E-state index contributed by atoms with van der Waals surface area (Å²) in [6.07, 6.45) is 1.10. The normalized spacial score (nSPS) is 14.5. The molecular weight excluding hydrogens is 384 g/mol. The van der Waals surface area contributed by atoms with Gasteiger partial charge in [-0.25, -0.2) is 0 Å². The standard InChI is InChI=1S/C27H30N2O2/c1-3-31-26-14-12-22(13-15-26)20(2)28-27(30)24-10-8-21(9-11-24)18-29-17-16-23-6-4-5-7-25(23)19-29/h4-15,20H,3,16-19H2,1-2H3,(H,28,30)/t20-/m1/s1. The van der Waals surface area contributed by atoms with E-state index < -0.39 is 0 Å². The lowest BCUT2D eigenvalue weighted by atomic mass is 9.99. The second kappa shape index (κ2) is 9.80. The first-order chi connectivity index (χ1) is 15.1. The van der Waals surface area contributed by atoms with Gasteiger partial charge in [-0.15, -0.1) is 0 Å². The third-order valence-corrected chi connectivity index (χ3v) is 5.87. The van der Waals surface area contributed by atoms with E-state index in [1.165, 1.54) is 16.7 Å². The van der Waals surface area contributed by atoms with Crippen LogP contribution in [0.25, 0.3) is 0 Å². The minimum atomic E-state index is -0.0729. The van der Waals surface area contributed by atoms with Crippen LogP contribution in [0, 0.1) is 0 Å². The average Bonchev–Trinajstić information content (AvgIpc) is 2.80. The zero-order valence-electron chi connectivity index (χ0n) is 18.3. The Morgan fingerprint density at radius 1 is 1.00 bits per heavy atom. The van der Waals surface area contributed by atoms with Gasteiger partial charge in [-0.3, -0.25) is 9.69 Å². The number of amides is 1. The molecule has 0 fully saturated rings. The summed E-state index contributed by atoms with van der Waals surface area (Å²) in [6, 6.07) is 24.5. The third kappa shape index (κ3) is 5.33. The highest BCUT2D eigenvalue weighted by Crippen LogP contribution is 2.21. The van der Waals surface area contributed by atoms with Gasteiger partial charge >= 0.3 is 0 Å². The van der Waals surface area contributed by atoms with Gasteiger partial charge in [-0.1, -0.05) is 48.5 Å². The van der Waals surface area contributed by atoms with Crippen molar-refractivity contribution in [1.82, 2.24) is 10.2 Å². The lowest BCUT2D eigenvalue weighted by molar-refractivity contribution is 0.0940. The zero-order chi connectivity index (χ0) is 21.6. The van der Waals surface area contributed by atoms with Crippen LogP contribution >= 0.6 is 0 Å². The van der Waals surface area contributed by atoms with E-state index in [2.05, 4.69) is 46.6 Å². The Kier molecular flexibility index (Phi) is 6.68. The van der Waals surface area contributed by atoms with Crippen LogP contribution < -0.4 is 10.1 Å². The molecule has 0 saturated carbocycles. The fourth-order valence-corrected chi connectivity index (χ4v) is 4.09. The second-order valence-electron chi connectivity index (χ2n) is 8.12. The topological polar surface area (TPSA) is 41.6 Å². The fraction of sp³-hybridized carbons (Fsp3) is 0.296. The van der Waals surface area contributed by atoms with E-state index in [1.807, 2.05) is 50.2 Å². The predicted octanol–water partition coefficient (Wildman–Crippen LogP) is 5.13. The molecular formula is C27H30N2O2. The number of nitrogens with zero attached hydrogens (tertiary/aromatic N) is 1. The van der Waals surface area contributed by atoms with Gasteiger partial charge in [0, 0.05) is 25.2 Å². The zero-order valence-corrected chi connectivity index (χ0v) is 18.3. The summed E-state index contributed by atoms with van der Waals surface area (Å²) in [5.74, 6) is 0.789. The van der Waals surface area contributed by atoms with Gasteiger partial charge in [0.25, 0.3) is 5.91 Å². The maximum atomic E-state index is 12.7. The molecule has 31 heavy (non-hydrogen) atoms. The van der Waals surface area contributed by atoms with Gasteiger partial charge in [0.1, 0.15) is 5.75 Å². The largest absolute Gasteiger partial charge is 0.494 e. The number of nitrogens with one attached hydrogen (secondary N) is 1. The Morgan fingerprint density at radius 3 is 2.42 bits per heavy atom. The quantitative estimate of drug-likeness (QED) is 0.582. The van der Waals surface area contributed by atoms with Gasteiger partial charge < -0.3 is 10.1 Å². The Hall–Kier alpha value is -3.11. The monoisotopic (exact) mass is 414 g/mol. The minimum Gasteiger partial charge on any atom is -0.494 e. The first-order valence-corrected chi connectivity index (χ1v) is 11.0. The molecule has 0 unspecified atom stereocenters. The van der Waals surface area contributed by atoms with Gasteiger partial charge in [0.2, 0.25) is 0 Å². The van der Waals surface area contributed by atoms with Crippen molar-refractivity contribution in [2.24, 2.45) is 0 Å². The molecule has 0 aliphatic carbocycles. The molecule has 3 aromatic rings. The fourth-order valence-electron chi connectivity index (χ4n) is 4.09. The summed E-state index contributed by atoms with van der Waals surface area (Å²) >= 11 is 0. The van der Waals surface area contributed by atoms with Crippen LogP contribution in [0.5, 0.6) is 5.75 Å². The third-order valence-electron chi connectivity index (χ3n) is 5.87. The van der Waals surface area contributed by atoms with Crippen molar-refractivity contribution in [1.29, 1.82) is 0 Å². The first-order valence-electron chi connectivity index (χ1n) is 11.0. The van der Waals surface area contributed by atoms with E-state index in [1.54, 1.807) is 0 Å². The Bertz CT molecular complexity index is 1010. The molecule has 1 amide bonds. The van der Waals surface area contributed by atoms with E-state index in [0.29, 0.717) is 12.2 Å². The van der Waals surface area contributed by atoms with E-state index in [-0.39, 0.29) is 11.9 Å². The maximum Gasteiger partial charge on any atom is 0.251 e. The molecule has 0 radical (unpaired) electrons.